The lowest BCUT2D eigenvalue weighted by Crippen LogP contribution is -2.35. The van der Waals surface area contributed by atoms with Gasteiger partial charge in [0.2, 0.25) is 17.9 Å². The van der Waals surface area contributed by atoms with Crippen LogP contribution in [0.3, 0.4) is 0 Å². The molecule has 0 fully saturated rings. The molecular formula is C20H22O6. The van der Waals surface area contributed by atoms with E-state index in [-0.39, 0.29) is 22.4 Å². The number of carbonyl (C=O) groups is 2. The van der Waals surface area contributed by atoms with Crippen LogP contribution in [0.5, 0.6) is 11.5 Å². The van der Waals surface area contributed by atoms with Gasteiger partial charge in [-0.15, -0.1) is 6.58 Å². The van der Waals surface area contributed by atoms with E-state index in [1.165, 1.54) is 0 Å². The molecule has 3 rings (SSSR count). The molecule has 0 bridgehead atoms. The smallest absolute Gasteiger partial charge is 0.234 e. The quantitative estimate of drug-likeness (QED) is 0.567. The number of rotatable bonds is 3. The number of ketones is 2. The van der Waals surface area contributed by atoms with Crippen molar-refractivity contribution in [1.29, 1.82) is 0 Å². The Labute approximate surface area is 151 Å². The van der Waals surface area contributed by atoms with Crippen LogP contribution in [-0.4, -0.2) is 33.2 Å². The molecule has 0 unspecified atom stereocenters. The minimum atomic E-state index is -1.26. The van der Waals surface area contributed by atoms with Crippen LogP contribution >= 0.6 is 0 Å². The maximum absolute atomic E-state index is 12.8. The molecule has 6 nitrogen and oxygen atoms in total. The van der Waals surface area contributed by atoms with E-state index in [0.29, 0.717) is 17.5 Å². The highest BCUT2D eigenvalue weighted by Crippen LogP contribution is 2.55. The lowest BCUT2D eigenvalue weighted by molar-refractivity contribution is -0.112. The van der Waals surface area contributed by atoms with Gasteiger partial charge in [0.05, 0.1) is 11.0 Å². The lowest BCUT2D eigenvalue weighted by atomic mass is 9.73. The molecule has 0 saturated heterocycles. The number of aliphatic hydroxyl groups is 2. The number of phenolic OH excluding ortho intramolecular Hbond substituents is 1. The first kappa shape index (κ1) is 18.2. The van der Waals surface area contributed by atoms with Crippen molar-refractivity contribution in [1.82, 2.24) is 0 Å². The number of allylic oxidation sites excluding steroid dienone is 2. The first-order chi connectivity index (χ1) is 12.1. The van der Waals surface area contributed by atoms with Gasteiger partial charge in [0.1, 0.15) is 5.76 Å². The molecular weight excluding hydrogens is 336 g/mol. The predicted molar refractivity (Wildman–Crippen MR) is 95.4 cm³/mol. The van der Waals surface area contributed by atoms with Gasteiger partial charge >= 0.3 is 0 Å². The Bertz CT molecular complexity index is 892. The van der Waals surface area contributed by atoms with E-state index in [0.717, 1.165) is 0 Å². The average molecular weight is 358 g/mol. The fourth-order valence-corrected chi connectivity index (χ4v) is 4.03. The number of hydrogen-bond donors (Lipinski definition) is 3. The van der Waals surface area contributed by atoms with Crippen molar-refractivity contribution in [2.45, 2.75) is 45.8 Å². The van der Waals surface area contributed by atoms with Crippen LogP contribution < -0.4 is 4.74 Å². The van der Waals surface area contributed by atoms with Crippen LogP contribution in [0.4, 0.5) is 0 Å². The first-order valence-corrected chi connectivity index (χ1v) is 8.46. The van der Waals surface area contributed by atoms with Crippen molar-refractivity contribution in [3.63, 3.8) is 0 Å². The summed E-state index contributed by atoms with van der Waals surface area (Å²) < 4.78 is 5.49. The molecule has 0 amide bonds. The van der Waals surface area contributed by atoms with Crippen molar-refractivity contribution in [2.24, 2.45) is 5.92 Å². The molecule has 0 saturated carbocycles. The fraction of sp³-hybridized carbons (Fsp3) is 0.400. The Kier molecular flexibility index (Phi) is 3.99. The van der Waals surface area contributed by atoms with Crippen LogP contribution in [0.1, 0.15) is 54.2 Å². The Morgan fingerprint density at radius 1 is 1.23 bits per heavy atom. The van der Waals surface area contributed by atoms with E-state index in [1.54, 1.807) is 33.8 Å². The van der Waals surface area contributed by atoms with Gasteiger partial charge in [-0.2, -0.15) is 0 Å². The Morgan fingerprint density at radius 2 is 1.85 bits per heavy atom. The summed E-state index contributed by atoms with van der Waals surface area (Å²) in [5.74, 6) is -2.79. The monoisotopic (exact) mass is 358 g/mol. The third-order valence-electron chi connectivity index (χ3n) is 5.34. The van der Waals surface area contributed by atoms with Gasteiger partial charge in [-0.05, 0) is 31.7 Å². The Morgan fingerprint density at radius 3 is 2.38 bits per heavy atom. The second-order valence-corrected chi connectivity index (χ2v) is 7.38. The number of hydrogen-bond acceptors (Lipinski definition) is 6. The number of fused-ring (bicyclic) bond motifs is 2. The number of aromatic hydroxyl groups is 1. The summed E-state index contributed by atoms with van der Waals surface area (Å²) >= 11 is 0. The zero-order valence-electron chi connectivity index (χ0n) is 15.2. The zero-order valence-corrected chi connectivity index (χ0v) is 15.2. The van der Waals surface area contributed by atoms with E-state index in [4.69, 9.17) is 4.74 Å². The number of carbonyl (C=O) groups excluding carboxylic acids is 2. The summed E-state index contributed by atoms with van der Waals surface area (Å²) in [6.45, 7) is 10.4. The number of benzene rings is 1. The minimum absolute atomic E-state index is 0.0231. The molecule has 1 heterocycles. The van der Waals surface area contributed by atoms with Crippen molar-refractivity contribution < 1.29 is 29.6 Å². The second-order valence-electron chi connectivity index (χ2n) is 7.38. The van der Waals surface area contributed by atoms with Crippen molar-refractivity contribution >= 4 is 17.3 Å². The van der Waals surface area contributed by atoms with Gasteiger partial charge in [-0.25, -0.2) is 0 Å². The molecule has 1 aromatic carbocycles. The first-order valence-electron chi connectivity index (χ1n) is 8.46. The molecule has 3 N–H and O–H groups in total. The molecule has 6 heteroatoms. The van der Waals surface area contributed by atoms with Crippen molar-refractivity contribution in [2.75, 3.05) is 0 Å². The van der Waals surface area contributed by atoms with Gasteiger partial charge in [0.25, 0.3) is 0 Å². The standard InChI is InChI=1S/C20H22O6/c1-6-7-20(5)13-9(4)11-12(17(24)18(13)26-19(20)25)14(21)10(8(2)3)15(22)16(11)23/h6,8,19,21,24-25H,1,7H2,2-5H3/t19-,20-/m1/s1. The Balaban J connectivity index is 2.43. The molecule has 1 aromatic rings. The molecule has 0 radical (unpaired) electrons. The third kappa shape index (κ3) is 2.08. The average Bonchev–Trinajstić information content (AvgIpc) is 2.81. The van der Waals surface area contributed by atoms with Crippen molar-refractivity contribution in [3.8, 4) is 11.5 Å². The van der Waals surface area contributed by atoms with E-state index in [9.17, 15) is 24.9 Å². The van der Waals surface area contributed by atoms with Gasteiger partial charge in [-0.3, -0.25) is 9.59 Å². The predicted octanol–water partition coefficient (Wildman–Crippen LogP) is 2.94. The van der Waals surface area contributed by atoms with Crippen LogP contribution in [-0.2, 0) is 10.2 Å². The molecule has 1 aliphatic carbocycles. The van der Waals surface area contributed by atoms with Crippen LogP contribution in [0, 0.1) is 12.8 Å². The zero-order chi connectivity index (χ0) is 19.5. The van der Waals surface area contributed by atoms with E-state index in [2.05, 4.69) is 6.58 Å². The second kappa shape index (κ2) is 5.71. The molecule has 1 aliphatic heterocycles. The van der Waals surface area contributed by atoms with Gasteiger partial charge in [-0.1, -0.05) is 19.9 Å². The normalized spacial score (nSPS) is 24.6. The highest BCUT2D eigenvalue weighted by atomic mass is 16.6. The van der Waals surface area contributed by atoms with Crippen LogP contribution in [0.25, 0.3) is 5.76 Å². The molecule has 0 aromatic heterocycles. The minimum Gasteiger partial charge on any atom is -0.507 e. The highest BCUT2D eigenvalue weighted by Gasteiger charge is 2.50. The molecule has 2 atom stereocenters. The number of aliphatic hydroxyl groups excluding tert-OH is 2. The largest absolute Gasteiger partial charge is 0.507 e. The summed E-state index contributed by atoms with van der Waals surface area (Å²) in [5.41, 5.74) is -0.269. The summed E-state index contributed by atoms with van der Waals surface area (Å²) in [6, 6.07) is 0. The maximum atomic E-state index is 12.8. The van der Waals surface area contributed by atoms with E-state index in [1.807, 2.05) is 0 Å². The van der Waals surface area contributed by atoms with Crippen molar-refractivity contribution in [3.05, 3.63) is 40.5 Å². The molecule has 138 valence electrons. The summed E-state index contributed by atoms with van der Waals surface area (Å²) in [7, 11) is 0. The maximum Gasteiger partial charge on any atom is 0.234 e. The lowest BCUT2D eigenvalue weighted by Gasteiger charge is -2.28. The number of Topliss-reactive ketones (excluding diaryl/α,β-unsaturated/α-hetero) is 2. The third-order valence-corrected chi connectivity index (χ3v) is 5.34. The number of ether oxygens (including phenoxy) is 1. The summed E-state index contributed by atoms with van der Waals surface area (Å²) in [6.07, 6.45) is 0.686. The molecule has 26 heavy (non-hydrogen) atoms. The summed E-state index contributed by atoms with van der Waals surface area (Å²) in [4.78, 5) is 25.3. The SMILES string of the molecule is C=CC[C@]1(C)c2c(C)c3c(c(O)c2O[C@H]1O)C(O)=C(C(C)C)C(=O)C3=O. The Hall–Kier alpha value is -2.60. The molecule has 2 aliphatic rings. The van der Waals surface area contributed by atoms with Gasteiger partial charge < -0.3 is 20.1 Å². The van der Waals surface area contributed by atoms with Gasteiger partial charge in [0.15, 0.2) is 11.5 Å². The fourth-order valence-electron chi connectivity index (χ4n) is 4.03. The van der Waals surface area contributed by atoms with Crippen LogP contribution in [0.2, 0.25) is 0 Å². The van der Waals surface area contributed by atoms with Crippen LogP contribution in [0.15, 0.2) is 18.2 Å². The van der Waals surface area contributed by atoms with E-state index >= 15 is 0 Å². The topological polar surface area (TPSA) is 104 Å². The molecule has 0 spiro atoms. The summed E-state index contributed by atoms with van der Waals surface area (Å²) in [5, 5.41) is 31.8. The van der Waals surface area contributed by atoms with E-state index < -0.39 is 40.7 Å². The van der Waals surface area contributed by atoms with Gasteiger partial charge in [0, 0.05) is 16.7 Å². The highest BCUT2D eigenvalue weighted by molar-refractivity contribution is 6.52. The number of phenols is 1.